The monoisotopic (exact) mass is 399 g/mol. The molecule has 0 aromatic carbocycles. The van der Waals surface area contributed by atoms with Gasteiger partial charge in [0, 0.05) is 27.1 Å². The molecule has 0 spiro atoms. The van der Waals surface area contributed by atoms with Crippen LogP contribution >= 0.6 is 12.6 Å². The fourth-order valence-corrected chi connectivity index (χ4v) is 1.67. The van der Waals surface area contributed by atoms with Gasteiger partial charge >= 0.3 is 0 Å². The normalized spacial score (nSPS) is 11.1. The van der Waals surface area contributed by atoms with Crippen molar-refractivity contribution in [3.05, 3.63) is 0 Å². The maximum atomic E-state index is 4.51. The van der Waals surface area contributed by atoms with Gasteiger partial charge in [-0.1, -0.05) is 65.7 Å². The van der Waals surface area contributed by atoms with Gasteiger partial charge in [0.2, 0.25) is 0 Å². The van der Waals surface area contributed by atoms with Gasteiger partial charge in [-0.3, -0.25) is 0 Å². The third-order valence-electron chi connectivity index (χ3n) is 2.39. The molecular weight excluding hydrogens is 373 g/mol. The molecule has 0 aromatic heterocycles. The fourth-order valence-electron chi connectivity index (χ4n) is 1.51. The summed E-state index contributed by atoms with van der Waals surface area (Å²) in [6.45, 7) is 6.67. The van der Waals surface area contributed by atoms with Crippen LogP contribution in [0.3, 0.4) is 0 Å². The first-order valence-corrected chi connectivity index (χ1v) is 6.23. The Morgan fingerprint density at radius 2 is 1.29 bits per heavy atom. The van der Waals surface area contributed by atoms with E-state index in [4.69, 9.17) is 0 Å². The molecule has 0 unspecified atom stereocenters. The minimum atomic E-state index is 0. The van der Waals surface area contributed by atoms with Gasteiger partial charge in [-0.15, -0.1) is 0 Å². The molecule has 0 rings (SSSR count). The molecule has 0 N–H and O–H groups in total. The molecule has 14 heavy (non-hydrogen) atoms. The molecule has 0 saturated heterocycles. The van der Waals surface area contributed by atoms with E-state index in [2.05, 4.69) is 33.4 Å². The van der Waals surface area contributed by atoms with Crippen LogP contribution in [0.5, 0.6) is 0 Å². The molecular formula is C12H26AuS. The van der Waals surface area contributed by atoms with E-state index in [0.717, 1.165) is 0 Å². The second-order valence-corrected chi connectivity index (χ2v) is 5.89. The van der Waals surface area contributed by atoms with Crippen LogP contribution in [0.1, 0.15) is 72.1 Å². The molecule has 0 aromatic rings. The molecule has 2 heteroatoms. The van der Waals surface area contributed by atoms with Gasteiger partial charge in [-0.25, -0.2) is 0 Å². The van der Waals surface area contributed by atoms with Crippen molar-refractivity contribution in [2.45, 2.75) is 76.9 Å². The van der Waals surface area contributed by atoms with E-state index in [9.17, 15) is 0 Å². The van der Waals surface area contributed by atoms with E-state index >= 15 is 0 Å². The van der Waals surface area contributed by atoms with E-state index in [1.165, 1.54) is 51.4 Å². The van der Waals surface area contributed by atoms with Gasteiger partial charge in [-0.2, -0.15) is 12.6 Å². The molecule has 0 aliphatic heterocycles. The Kier molecular flexibility index (Phi) is 13.2. The Morgan fingerprint density at radius 3 is 1.71 bits per heavy atom. The molecule has 0 atom stereocenters. The first kappa shape index (κ1) is 17.5. The van der Waals surface area contributed by atoms with E-state index in [-0.39, 0.29) is 27.1 Å². The summed E-state index contributed by atoms with van der Waals surface area (Å²) >= 11 is 4.51. The Bertz CT molecular complexity index is 107. The molecule has 1 radical (unpaired) electrons. The van der Waals surface area contributed by atoms with Crippen LogP contribution in [0.4, 0.5) is 0 Å². The molecule has 0 heterocycles. The predicted molar refractivity (Wildman–Crippen MR) is 65.7 cm³/mol. The topological polar surface area (TPSA) is 0 Å². The van der Waals surface area contributed by atoms with Crippen molar-refractivity contribution in [1.29, 1.82) is 0 Å². The smallest absolute Gasteiger partial charge is 0.00731 e. The summed E-state index contributed by atoms with van der Waals surface area (Å²) in [4.78, 5) is 0. The van der Waals surface area contributed by atoms with Crippen molar-refractivity contribution < 1.29 is 22.4 Å². The Morgan fingerprint density at radius 1 is 0.857 bits per heavy atom. The number of rotatable bonds is 8. The number of unbranched alkanes of at least 4 members (excludes halogenated alkanes) is 6. The van der Waals surface area contributed by atoms with Crippen LogP contribution in [0.25, 0.3) is 0 Å². The van der Waals surface area contributed by atoms with Crippen LogP contribution in [0.15, 0.2) is 0 Å². The molecule has 0 bridgehead atoms. The average Bonchev–Trinajstić information content (AvgIpc) is 2.01. The van der Waals surface area contributed by atoms with Crippen molar-refractivity contribution in [2.24, 2.45) is 0 Å². The molecule has 0 fully saturated rings. The van der Waals surface area contributed by atoms with Crippen molar-refractivity contribution in [2.75, 3.05) is 0 Å². The Labute approximate surface area is 112 Å². The second kappa shape index (κ2) is 10.6. The second-order valence-electron chi connectivity index (χ2n) is 4.68. The van der Waals surface area contributed by atoms with Crippen molar-refractivity contribution in [1.82, 2.24) is 0 Å². The maximum Gasteiger partial charge on any atom is 0.00731 e. The number of hydrogen-bond donors (Lipinski definition) is 1. The van der Waals surface area contributed by atoms with Gasteiger partial charge in [0.1, 0.15) is 0 Å². The summed E-state index contributed by atoms with van der Waals surface area (Å²) in [5, 5.41) is 0. The molecule has 91 valence electrons. The minimum absolute atomic E-state index is 0. The molecule has 0 aliphatic carbocycles. The van der Waals surface area contributed by atoms with Gasteiger partial charge < -0.3 is 0 Å². The summed E-state index contributed by atoms with van der Waals surface area (Å²) < 4.78 is 0.240. The summed E-state index contributed by atoms with van der Waals surface area (Å²) in [7, 11) is 0. The quantitative estimate of drug-likeness (QED) is 0.337. The summed E-state index contributed by atoms with van der Waals surface area (Å²) in [5.74, 6) is 0. The van der Waals surface area contributed by atoms with Gasteiger partial charge in [0.05, 0.1) is 0 Å². The van der Waals surface area contributed by atoms with E-state index in [1.54, 1.807) is 0 Å². The average molecular weight is 399 g/mol. The number of hydrogen-bond acceptors (Lipinski definition) is 1. The summed E-state index contributed by atoms with van der Waals surface area (Å²) in [6, 6.07) is 0. The molecule has 0 aliphatic rings. The third-order valence-corrected chi connectivity index (χ3v) is 2.62. The zero-order valence-corrected chi connectivity index (χ0v) is 13.0. The minimum Gasteiger partial charge on any atom is -0.173 e. The van der Waals surface area contributed by atoms with Crippen molar-refractivity contribution >= 4 is 12.6 Å². The standard InChI is InChI=1S/C12H26S.Au/c1-4-5-6-7-8-9-10-11-12(2,3)13;/h13H,4-11H2,1-3H3;. The Balaban J connectivity index is 0. The van der Waals surface area contributed by atoms with Gasteiger partial charge in [0.15, 0.2) is 0 Å². The van der Waals surface area contributed by atoms with Crippen molar-refractivity contribution in [3.63, 3.8) is 0 Å². The van der Waals surface area contributed by atoms with Crippen LogP contribution in [-0.2, 0) is 22.4 Å². The van der Waals surface area contributed by atoms with Crippen LogP contribution in [0.2, 0.25) is 0 Å². The third kappa shape index (κ3) is 15.6. The Hall–Kier alpha value is 1.09. The van der Waals surface area contributed by atoms with Crippen LogP contribution in [0, 0.1) is 0 Å². The zero-order valence-electron chi connectivity index (χ0n) is 9.91. The van der Waals surface area contributed by atoms with Crippen molar-refractivity contribution in [3.8, 4) is 0 Å². The largest absolute Gasteiger partial charge is 0.173 e. The first-order chi connectivity index (χ1) is 6.06. The fraction of sp³-hybridized carbons (Fsp3) is 1.00. The molecule has 0 saturated carbocycles. The van der Waals surface area contributed by atoms with E-state index < -0.39 is 0 Å². The zero-order chi connectivity index (χ0) is 10.2. The number of thiol groups is 1. The molecule has 0 amide bonds. The van der Waals surface area contributed by atoms with Crippen LogP contribution < -0.4 is 0 Å². The van der Waals surface area contributed by atoms with E-state index in [0.29, 0.717) is 0 Å². The summed E-state index contributed by atoms with van der Waals surface area (Å²) in [6.07, 6.45) is 11.0. The molecule has 0 nitrogen and oxygen atoms in total. The SMILES string of the molecule is CCCCCCCCCC(C)(C)S.[Au]. The van der Waals surface area contributed by atoms with Crippen LogP contribution in [-0.4, -0.2) is 4.75 Å². The van der Waals surface area contributed by atoms with Gasteiger partial charge in [-0.05, 0) is 6.42 Å². The maximum absolute atomic E-state index is 4.51. The van der Waals surface area contributed by atoms with E-state index in [1.807, 2.05) is 0 Å². The van der Waals surface area contributed by atoms with Gasteiger partial charge in [0.25, 0.3) is 0 Å². The first-order valence-electron chi connectivity index (χ1n) is 5.78. The summed E-state index contributed by atoms with van der Waals surface area (Å²) in [5.41, 5.74) is 0. The predicted octanol–water partition coefficient (Wildman–Crippen LogP) is 4.83.